The van der Waals surface area contributed by atoms with Gasteiger partial charge in [-0.2, -0.15) is 0 Å². The van der Waals surface area contributed by atoms with Crippen molar-refractivity contribution in [2.75, 3.05) is 12.1 Å². The molecule has 6 rings (SSSR count). The summed E-state index contributed by atoms with van der Waals surface area (Å²) in [6.07, 6.45) is -0.173. The molecule has 0 bridgehead atoms. The summed E-state index contributed by atoms with van der Waals surface area (Å²) in [5, 5.41) is 6.13. The fraction of sp³-hybridized carbons (Fsp3) is 0.360. The molecule has 4 aliphatic heterocycles. The van der Waals surface area contributed by atoms with Crippen LogP contribution < -0.4 is 25.8 Å². The van der Waals surface area contributed by atoms with Gasteiger partial charge >= 0.3 is 0 Å². The van der Waals surface area contributed by atoms with Crippen molar-refractivity contribution in [2.24, 2.45) is 17.6 Å². The van der Waals surface area contributed by atoms with Gasteiger partial charge in [0.05, 0.1) is 18.4 Å². The van der Waals surface area contributed by atoms with Crippen LogP contribution in [0.3, 0.4) is 0 Å². The van der Waals surface area contributed by atoms with Crippen LogP contribution in [-0.4, -0.2) is 41.4 Å². The maximum Gasteiger partial charge on any atom is 0.250 e. The second-order valence-corrected chi connectivity index (χ2v) is 9.64. The number of rotatable bonds is 4. The van der Waals surface area contributed by atoms with Gasteiger partial charge in [-0.05, 0) is 37.1 Å². The number of fused-ring (bicyclic) bond motifs is 5. The molecule has 4 aliphatic rings. The first-order valence-electron chi connectivity index (χ1n) is 11.4. The largest absolute Gasteiger partial charge is 0.454 e. The van der Waals surface area contributed by atoms with E-state index in [-0.39, 0.29) is 19.8 Å². The van der Waals surface area contributed by atoms with Crippen molar-refractivity contribution < 1.29 is 28.7 Å². The first-order chi connectivity index (χ1) is 16.7. The van der Waals surface area contributed by atoms with E-state index in [4.69, 9.17) is 15.2 Å². The molecule has 0 saturated carbocycles. The molecule has 10 nitrogen and oxygen atoms in total. The van der Waals surface area contributed by atoms with Crippen LogP contribution in [-0.2, 0) is 31.3 Å². The van der Waals surface area contributed by atoms with Gasteiger partial charge in [0, 0.05) is 23.7 Å². The molecule has 4 N–H and O–H groups in total. The predicted molar refractivity (Wildman–Crippen MR) is 122 cm³/mol. The minimum absolute atomic E-state index is 0.0159. The lowest BCUT2D eigenvalue weighted by molar-refractivity contribution is -0.143. The summed E-state index contributed by atoms with van der Waals surface area (Å²) < 4.78 is 10.8. The molecular formula is C25H24N4O6. The number of benzene rings is 2. The Labute approximate surface area is 200 Å². The van der Waals surface area contributed by atoms with E-state index in [0.29, 0.717) is 28.3 Å². The number of amides is 4. The number of hydrogen-bond acceptors (Lipinski definition) is 7. The van der Waals surface area contributed by atoms with Crippen LogP contribution in [0.4, 0.5) is 5.69 Å². The van der Waals surface area contributed by atoms with E-state index >= 15 is 0 Å². The van der Waals surface area contributed by atoms with E-state index in [9.17, 15) is 19.2 Å². The number of anilines is 1. The Morgan fingerprint density at radius 2 is 1.89 bits per heavy atom. The first-order valence-corrected chi connectivity index (χ1v) is 11.4. The van der Waals surface area contributed by atoms with Crippen LogP contribution in [0.15, 0.2) is 30.3 Å². The van der Waals surface area contributed by atoms with Gasteiger partial charge in [-0.25, -0.2) is 0 Å². The van der Waals surface area contributed by atoms with Crippen LogP contribution in [0.2, 0.25) is 0 Å². The van der Waals surface area contributed by atoms with Gasteiger partial charge < -0.3 is 20.5 Å². The first kappa shape index (κ1) is 21.6. The number of carbonyl (C=O) groups is 4. The number of imide groups is 1. The molecular weight excluding hydrogens is 452 g/mol. The van der Waals surface area contributed by atoms with Crippen molar-refractivity contribution >= 4 is 29.3 Å². The molecule has 0 radical (unpaired) electrons. The van der Waals surface area contributed by atoms with Crippen LogP contribution in [0, 0.1) is 25.7 Å². The number of aryl methyl sites for hydroxylation is 2. The average molecular weight is 476 g/mol. The van der Waals surface area contributed by atoms with Crippen molar-refractivity contribution in [3.63, 3.8) is 0 Å². The van der Waals surface area contributed by atoms with Gasteiger partial charge in [0.25, 0.3) is 0 Å². The molecule has 35 heavy (non-hydrogen) atoms. The van der Waals surface area contributed by atoms with Crippen LogP contribution in [0.1, 0.15) is 28.7 Å². The van der Waals surface area contributed by atoms with Crippen molar-refractivity contribution in [3.8, 4) is 11.5 Å². The van der Waals surface area contributed by atoms with Gasteiger partial charge in [-0.1, -0.05) is 23.8 Å². The minimum Gasteiger partial charge on any atom is -0.454 e. The molecule has 0 aromatic heterocycles. The van der Waals surface area contributed by atoms with Gasteiger partial charge in [0.2, 0.25) is 30.4 Å². The van der Waals surface area contributed by atoms with E-state index in [1.54, 1.807) is 18.2 Å². The molecule has 4 atom stereocenters. The molecule has 2 aromatic carbocycles. The molecule has 1 spiro atoms. The molecule has 0 aliphatic carbocycles. The molecule has 180 valence electrons. The normalized spacial score (nSPS) is 28.0. The van der Waals surface area contributed by atoms with Gasteiger partial charge in [-0.3, -0.25) is 29.4 Å². The topological polar surface area (TPSA) is 140 Å². The monoisotopic (exact) mass is 476 g/mol. The molecule has 2 aromatic rings. The number of carbonyl (C=O) groups excluding carboxylic acids is 4. The van der Waals surface area contributed by atoms with Crippen LogP contribution >= 0.6 is 0 Å². The van der Waals surface area contributed by atoms with Crippen molar-refractivity contribution in [3.05, 3.63) is 52.6 Å². The Kier molecular flexibility index (Phi) is 4.50. The Bertz CT molecular complexity index is 1340. The number of nitrogens with one attached hydrogen (secondary N) is 2. The summed E-state index contributed by atoms with van der Waals surface area (Å²) in [7, 11) is 0. The van der Waals surface area contributed by atoms with Gasteiger partial charge in [-0.15, -0.1) is 0 Å². The molecule has 2 fully saturated rings. The second kappa shape index (κ2) is 7.29. The van der Waals surface area contributed by atoms with E-state index in [1.165, 1.54) is 4.90 Å². The van der Waals surface area contributed by atoms with E-state index < -0.39 is 47.0 Å². The summed E-state index contributed by atoms with van der Waals surface area (Å²) in [5.74, 6) is -2.68. The van der Waals surface area contributed by atoms with E-state index in [0.717, 1.165) is 11.1 Å². The van der Waals surface area contributed by atoms with Gasteiger partial charge in [0.1, 0.15) is 5.54 Å². The molecule has 2 saturated heterocycles. The lowest BCUT2D eigenvalue weighted by atomic mass is 9.76. The highest BCUT2D eigenvalue weighted by Crippen LogP contribution is 2.54. The standard InChI is InChI=1S/C25H24N4O6/c1-11-5-12(2)21-14(6-11)25(24(33)27-21)20-19(15(28-25)8-18(26)30)22(31)29(23(20)32)9-13-3-4-16-17(7-13)35-10-34-16/h3-7,15,19-20,28H,8-10H2,1-2H3,(H2,26,30)(H,27,33)/t15-,19+,20+,25-/m0/s1. The Hall–Kier alpha value is -3.92. The zero-order valence-corrected chi connectivity index (χ0v) is 19.2. The summed E-state index contributed by atoms with van der Waals surface area (Å²) in [4.78, 5) is 54.1. The van der Waals surface area contributed by atoms with Crippen LogP contribution in [0.5, 0.6) is 11.5 Å². The number of primary amides is 1. The molecule has 10 heteroatoms. The van der Waals surface area contributed by atoms with Crippen molar-refractivity contribution in [1.82, 2.24) is 10.2 Å². The summed E-state index contributed by atoms with van der Waals surface area (Å²) >= 11 is 0. The number of hydrogen-bond donors (Lipinski definition) is 3. The molecule has 4 heterocycles. The Balaban J connectivity index is 1.44. The maximum atomic E-state index is 13.9. The zero-order valence-electron chi connectivity index (χ0n) is 19.2. The van der Waals surface area contributed by atoms with Gasteiger partial charge in [0.15, 0.2) is 11.5 Å². The van der Waals surface area contributed by atoms with E-state index in [1.807, 2.05) is 26.0 Å². The third-order valence-electron chi connectivity index (χ3n) is 7.46. The number of nitrogens with zero attached hydrogens (tertiary/aromatic N) is 1. The fourth-order valence-corrected chi connectivity index (χ4v) is 6.09. The quantitative estimate of drug-likeness (QED) is 0.555. The SMILES string of the molecule is Cc1cc(C)c2c(c1)[C@@]1(N[C@@H](CC(N)=O)[C@H]3C(=O)N(Cc4ccc5c(c4)OCO5)C(=O)[C@@H]31)C(=O)N2. The highest BCUT2D eigenvalue weighted by molar-refractivity contribution is 6.15. The van der Waals surface area contributed by atoms with Crippen LogP contribution in [0.25, 0.3) is 0 Å². The maximum absolute atomic E-state index is 13.9. The average Bonchev–Trinajstić information content (AvgIpc) is 3.51. The Morgan fingerprint density at radius 1 is 1.11 bits per heavy atom. The number of ether oxygens (including phenoxy) is 2. The third-order valence-corrected chi connectivity index (χ3v) is 7.46. The Morgan fingerprint density at radius 3 is 2.66 bits per heavy atom. The smallest absolute Gasteiger partial charge is 0.250 e. The fourth-order valence-electron chi connectivity index (χ4n) is 6.09. The molecule has 4 amide bonds. The minimum atomic E-state index is -1.47. The molecule has 0 unspecified atom stereocenters. The highest BCUT2D eigenvalue weighted by Gasteiger charge is 2.70. The third kappa shape index (κ3) is 2.92. The summed E-state index contributed by atoms with van der Waals surface area (Å²) in [6.45, 7) is 3.92. The predicted octanol–water partition coefficient (Wildman–Crippen LogP) is 0.828. The lowest BCUT2D eigenvalue weighted by Crippen LogP contribution is -2.53. The van der Waals surface area contributed by atoms with Crippen molar-refractivity contribution in [1.29, 1.82) is 0 Å². The summed E-state index contributed by atoms with van der Waals surface area (Å²) in [5.41, 5.74) is 7.74. The number of nitrogens with two attached hydrogens (primary N) is 1. The second-order valence-electron chi connectivity index (χ2n) is 9.64. The van der Waals surface area contributed by atoms with E-state index in [2.05, 4.69) is 10.6 Å². The lowest BCUT2D eigenvalue weighted by Gasteiger charge is -2.29. The number of likely N-dealkylation sites (tertiary alicyclic amines) is 1. The zero-order chi connectivity index (χ0) is 24.6. The van der Waals surface area contributed by atoms with Crippen molar-refractivity contribution in [2.45, 2.75) is 38.4 Å². The summed E-state index contributed by atoms with van der Waals surface area (Å²) in [6, 6.07) is 8.27. The highest BCUT2D eigenvalue weighted by atomic mass is 16.7.